The predicted octanol–water partition coefficient (Wildman–Crippen LogP) is 4.35. The highest BCUT2D eigenvalue weighted by atomic mass is 35.5. The Morgan fingerprint density at radius 3 is 2.41 bits per heavy atom. The summed E-state index contributed by atoms with van der Waals surface area (Å²) < 4.78 is 0.362. The lowest BCUT2D eigenvalue weighted by Gasteiger charge is -2.30. The topological polar surface area (TPSA) is 12.0 Å². The van der Waals surface area contributed by atoms with E-state index in [1.165, 1.54) is 18.4 Å². The second-order valence-corrected chi connectivity index (χ2v) is 5.97. The van der Waals surface area contributed by atoms with E-state index in [9.17, 15) is 0 Å². The second-order valence-electron chi connectivity index (χ2n) is 4.29. The van der Waals surface area contributed by atoms with Gasteiger partial charge in [-0.3, -0.25) is 0 Å². The average molecular weight is 272 g/mol. The van der Waals surface area contributed by atoms with Crippen LogP contribution in [-0.2, 0) is 6.54 Å². The van der Waals surface area contributed by atoms with Crippen LogP contribution in [0.3, 0.4) is 0 Å². The molecule has 0 radical (unpaired) electrons. The SMILES string of the molecule is CCC(CC)(CNCc1ccccc1Cl)SC. The van der Waals surface area contributed by atoms with Crippen LogP contribution in [0.5, 0.6) is 0 Å². The van der Waals surface area contributed by atoms with E-state index in [4.69, 9.17) is 11.6 Å². The van der Waals surface area contributed by atoms with Crippen LogP contribution in [0.25, 0.3) is 0 Å². The van der Waals surface area contributed by atoms with Crippen molar-refractivity contribution in [1.82, 2.24) is 5.32 Å². The Hall–Kier alpha value is -0.180. The molecule has 0 saturated heterocycles. The Morgan fingerprint density at radius 1 is 1.24 bits per heavy atom. The van der Waals surface area contributed by atoms with E-state index in [1.54, 1.807) is 0 Å². The van der Waals surface area contributed by atoms with Crippen molar-refractivity contribution in [3.05, 3.63) is 34.9 Å². The van der Waals surface area contributed by atoms with Crippen molar-refractivity contribution in [2.75, 3.05) is 12.8 Å². The summed E-state index contributed by atoms with van der Waals surface area (Å²) in [4.78, 5) is 0. The van der Waals surface area contributed by atoms with Crippen molar-refractivity contribution in [2.45, 2.75) is 38.0 Å². The molecule has 1 aromatic rings. The number of hydrogen-bond acceptors (Lipinski definition) is 2. The van der Waals surface area contributed by atoms with Gasteiger partial charge in [0.25, 0.3) is 0 Å². The highest BCUT2D eigenvalue weighted by Gasteiger charge is 2.23. The first-order chi connectivity index (χ1) is 8.17. The lowest BCUT2D eigenvalue weighted by Crippen LogP contribution is -2.36. The molecule has 0 amide bonds. The van der Waals surface area contributed by atoms with Gasteiger partial charge in [-0.25, -0.2) is 0 Å². The maximum Gasteiger partial charge on any atom is 0.0450 e. The van der Waals surface area contributed by atoms with Crippen LogP contribution in [0.1, 0.15) is 32.3 Å². The van der Waals surface area contributed by atoms with E-state index in [1.807, 2.05) is 30.0 Å². The molecule has 0 fully saturated rings. The van der Waals surface area contributed by atoms with Crippen molar-refractivity contribution in [3.8, 4) is 0 Å². The van der Waals surface area contributed by atoms with Crippen molar-refractivity contribution >= 4 is 23.4 Å². The highest BCUT2D eigenvalue weighted by Crippen LogP contribution is 2.29. The molecule has 0 aliphatic rings. The molecule has 1 N–H and O–H groups in total. The fraction of sp³-hybridized carbons (Fsp3) is 0.571. The Kier molecular flexibility index (Phi) is 6.39. The fourth-order valence-corrected chi connectivity index (χ4v) is 2.95. The van der Waals surface area contributed by atoms with Gasteiger partial charge in [0.15, 0.2) is 0 Å². The quantitative estimate of drug-likeness (QED) is 0.791. The third kappa shape index (κ3) is 4.20. The fourth-order valence-electron chi connectivity index (χ4n) is 1.93. The molecule has 17 heavy (non-hydrogen) atoms. The molecular formula is C14H22ClNS. The summed E-state index contributed by atoms with van der Waals surface area (Å²) in [5.74, 6) is 0. The molecule has 0 heterocycles. The van der Waals surface area contributed by atoms with Gasteiger partial charge < -0.3 is 5.32 Å². The third-order valence-electron chi connectivity index (χ3n) is 3.44. The summed E-state index contributed by atoms with van der Waals surface area (Å²) in [5.41, 5.74) is 1.18. The summed E-state index contributed by atoms with van der Waals surface area (Å²) in [6.45, 7) is 6.41. The molecule has 1 nitrogen and oxygen atoms in total. The van der Waals surface area contributed by atoms with Gasteiger partial charge in [0, 0.05) is 22.9 Å². The van der Waals surface area contributed by atoms with Crippen LogP contribution in [0.2, 0.25) is 5.02 Å². The first kappa shape index (κ1) is 14.9. The van der Waals surface area contributed by atoms with E-state index < -0.39 is 0 Å². The van der Waals surface area contributed by atoms with Gasteiger partial charge in [0.1, 0.15) is 0 Å². The molecule has 3 heteroatoms. The number of benzene rings is 1. The smallest absolute Gasteiger partial charge is 0.0450 e. The molecule has 0 saturated carbocycles. The molecule has 0 aromatic heterocycles. The lowest BCUT2D eigenvalue weighted by molar-refractivity contribution is 0.495. The predicted molar refractivity (Wildman–Crippen MR) is 80.0 cm³/mol. The highest BCUT2D eigenvalue weighted by molar-refractivity contribution is 8.00. The van der Waals surface area contributed by atoms with Crippen molar-refractivity contribution < 1.29 is 0 Å². The van der Waals surface area contributed by atoms with Crippen LogP contribution in [0, 0.1) is 0 Å². The summed E-state index contributed by atoms with van der Waals surface area (Å²) >= 11 is 8.09. The zero-order valence-corrected chi connectivity index (χ0v) is 12.5. The van der Waals surface area contributed by atoms with Gasteiger partial charge >= 0.3 is 0 Å². The number of rotatable bonds is 7. The van der Waals surface area contributed by atoms with Crippen molar-refractivity contribution in [3.63, 3.8) is 0 Å². The van der Waals surface area contributed by atoms with E-state index in [2.05, 4.69) is 31.5 Å². The van der Waals surface area contributed by atoms with Crippen molar-refractivity contribution in [1.29, 1.82) is 0 Å². The zero-order valence-electron chi connectivity index (χ0n) is 10.9. The summed E-state index contributed by atoms with van der Waals surface area (Å²) in [6.07, 6.45) is 4.59. The van der Waals surface area contributed by atoms with Gasteiger partial charge in [-0.1, -0.05) is 43.6 Å². The lowest BCUT2D eigenvalue weighted by atomic mass is 10.0. The van der Waals surface area contributed by atoms with E-state index in [-0.39, 0.29) is 0 Å². The number of hydrogen-bond donors (Lipinski definition) is 1. The first-order valence-corrected chi connectivity index (χ1v) is 7.77. The maximum absolute atomic E-state index is 6.13. The first-order valence-electron chi connectivity index (χ1n) is 6.16. The molecule has 0 unspecified atom stereocenters. The Balaban J connectivity index is 2.49. The number of thioether (sulfide) groups is 1. The molecule has 0 bridgehead atoms. The molecule has 0 aliphatic carbocycles. The van der Waals surface area contributed by atoms with Crippen LogP contribution in [0.4, 0.5) is 0 Å². The largest absolute Gasteiger partial charge is 0.311 e. The Morgan fingerprint density at radius 2 is 1.88 bits per heavy atom. The molecule has 96 valence electrons. The van der Waals surface area contributed by atoms with Gasteiger partial charge in [0.2, 0.25) is 0 Å². The standard InChI is InChI=1S/C14H22ClNS/c1-4-14(5-2,17-3)11-16-10-12-8-6-7-9-13(12)15/h6-9,16H,4-5,10-11H2,1-3H3. The Bertz CT molecular complexity index is 328. The molecule has 1 rings (SSSR count). The zero-order chi connectivity index (χ0) is 12.7. The summed E-state index contributed by atoms with van der Waals surface area (Å²) in [7, 11) is 0. The number of nitrogens with one attached hydrogen (secondary N) is 1. The maximum atomic E-state index is 6.13. The van der Waals surface area contributed by atoms with Crippen LogP contribution in [0.15, 0.2) is 24.3 Å². The van der Waals surface area contributed by atoms with E-state index in [0.29, 0.717) is 4.75 Å². The minimum atomic E-state index is 0.362. The molecular weight excluding hydrogens is 250 g/mol. The minimum absolute atomic E-state index is 0.362. The van der Waals surface area contributed by atoms with Gasteiger partial charge in [0.05, 0.1) is 0 Å². The normalized spacial score (nSPS) is 11.8. The van der Waals surface area contributed by atoms with E-state index in [0.717, 1.165) is 18.1 Å². The van der Waals surface area contributed by atoms with Crippen LogP contribution >= 0.6 is 23.4 Å². The Labute approximate surface area is 114 Å². The van der Waals surface area contributed by atoms with Crippen LogP contribution < -0.4 is 5.32 Å². The van der Waals surface area contributed by atoms with E-state index >= 15 is 0 Å². The minimum Gasteiger partial charge on any atom is -0.311 e. The average Bonchev–Trinajstić information content (AvgIpc) is 2.37. The van der Waals surface area contributed by atoms with Crippen LogP contribution in [-0.4, -0.2) is 17.5 Å². The third-order valence-corrected chi connectivity index (χ3v) is 5.40. The van der Waals surface area contributed by atoms with Gasteiger partial charge in [-0.05, 0) is 30.7 Å². The number of halogens is 1. The molecule has 1 aromatic carbocycles. The van der Waals surface area contributed by atoms with Gasteiger partial charge in [-0.2, -0.15) is 11.8 Å². The summed E-state index contributed by atoms with van der Waals surface area (Å²) in [6, 6.07) is 8.02. The molecule has 0 spiro atoms. The second kappa shape index (κ2) is 7.30. The molecule has 0 aliphatic heterocycles. The molecule has 0 atom stereocenters. The monoisotopic (exact) mass is 271 g/mol. The summed E-state index contributed by atoms with van der Waals surface area (Å²) in [5, 5.41) is 4.38. The van der Waals surface area contributed by atoms with Crippen molar-refractivity contribution in [2.24, 2.45) is 0 Å². The van der Waals surface area contributed by atoms with Gasteiger partial charge in [-0.15, -0.1) is 0 Å².